The Balaban J connectivity index is 1.44. The van der Waals surface area contributed by atoms with Crippen LogP contribution < -0.4 is 27.6 Å². The number of fused-ring (bicyclic) bond motifs is 3. The number of carboxylic acids is 2. The van der Waals surface area contributed by atoms with Crippen molar-refractivity contribution in [2.45, 2.75) is 9.79 Å². The number of ether oxygens (including phenoxy) is 4. The topological polar surface area (TPSA) is 152 Å². The van der Waals surface area contributed by atoms with Gasteiger partial charge in [-0.15, -0.1) is 0 Å². The van der Waals surface area contributed by atoms with Crippen molar-refractivity contribution >= 4 is 56.1 Å². The molecular weight excluding hydrogens is 588 g/mol. The standard InChI is InChI=1S/C28H22N2O10S2/c31-27(32)13-29(41-17-5-9-23-25(11-17)39-15-37-23)21-7-8-22(20-4-2-1-3-19(20)21)30(14-28(33)34)42(35,36)18-6-10-24-26(12-18)40-16-38-24/h1-12H,13-16H2,(H,31,32)(H,33,34). The fourth-order valence-corrected chi connectivity index (χ4v) is 7.06. The molecule has 2 aliphatic rings. The molecule has 4 aromatic rings. The van der Waals surface area contributed by atoms with Crippen LogP contribution in [0.3, 0.4) is 0 Å². The van der Waals surface area contributed by atoms with Gasteiger partial charge in [0.1, 0.15) is 13.1 Å². The Hall–Kier alpha value is -4.82. The van der Waals surface area contributed by atoms with E-state index in [1.807, 2.05) is 0 Å². The van der Waals surface area contributed by atoms with Gasteiger partial charge in [0.2, 0.25) is 13.6 Å². The van der Waals surface area contributed by atoms with Gasteiger partial charge < -0.3 is 33.5 Å². The normalized spacial score (nSPS) is 13.2. The maximum absolute atomic E-state index is 13.9. The first-order valence-corrected chi connectivity index (χ1v) is 14.6. The molecule has 0 unspecified atom stereocenters. The summed E-state index contributed by atoms with van der Waals surface area (Å²) in [5.41, 5.74) is 0.591. The summed E-state index contributed by atoms with van der Waals surface area (Å²) < 4.78 is 51.5. The maximum atomic E-state index is 13.9. The molecule has 42 heavy (non-hydrogen) atoms. The van der Waals surface area contributed by atoms with E-state index in [-0.39, 0.29) is 29.9 Å². The first-order chi connectivity index (χ1) is 20.2. The predicted molar refractivity (Wildman–Crippen MR) is 152 cm³/mol. The van der Waals surface area contributed by atoms with Crippen molar-refractivity contribution in [1.29, 1.82) is 0 Å². The summed E-state index contributed by atoms with van der Waals surface area (Å²) in [6.45, 7) is -1.21. The smallest absolute Gasteiger partial charge is 0.324 e. The van der Waals surface area contributed by atoms with Crippen LogP contribution in [0.25, 0.3) is 10.8 Å². The third kappa shape index (κ3) is 5.17. The summed E-state index contributed by atoms with van der Waals surface area (Å²) in [5, 5.41) is 20.3. The van der Waals surface area contributed by atoms with Crippen molar-refractivity contribution in [3.8, 4) is 23.0 Å². The third-order valence-electron chi connectivity index (χ3n) is 6.46. The Morgan fingerprint density at radius 2 is 1.29 bits per heavy atom. The van der Waals surface area contributed by atoms with Gasteiger partial charge in [0.15, 0.2) is 23.0 Å². The van der Waals surface area contributed by atoms with Gasteiger partial charge in [-0.05, 0) is 54.4 Å². The van der Waals surface area contributed by atoms with Crippen LogP contribution in [0.4, 0.5) is 11.4 Å². The number of carboxylic acid groups (broad SMARTS) is 2. The molecule has 2 N–H and O–H groups in total. The molecule has 0 amide bonds. The third-order valence-corrected chi connectivity index (χ3v) is 9.23. The minimum Gasteiger partial charge on any atom is -0.480 e. The highest BCUT2D eigenvalue weighted by molar-refractivity contribution is 8.00. The van der Waals surface area contributed by atoms with Gasteiger partial charge in [0.05, 0.1) is 16.3 Å². The van der Waals surface area contributed by atoms with Crippen LogP contribution >= 0.6 is 11.9 Å². The zero-order valence-electron chi connectivity index (χ0n) is 21.6. The Labute approximate surface area is 243 Å². The molecular formula is C28H22N2O10S2. The molecule has 0 bridgehead atoms. The van der Waals surface area contributed by atoms with Crippen molar-refractivity contribution in [2.75, 3.05) is 35.3 Å². The molecule has 2 heterocycles. The fraction of sp³-hybridized carbons (Fsp3) is 0.143. The van der Waals surface area contributed by atoms with E-state index < -0.39 is 35.1 Å². The number of benzene rings is 4. The maximum Gasteiger partial charge on any atom is 0.324 e. The lowest BCUT2D eigenvalue weighted by atomic mass is 10.1. The highest BCUT2D eigenvalue weighted by atomic mass is 32.2. The Kier molecular flexibility index (Phi) is 7.08. The Morgan fingerprint density at radius 1 is 0.714 bits per heavy atom. The zero-order chi connectivity index (χ0) is 29.4. The summed E-state index contributed by atoms with van der Waals surface area (Å²) in [6, 6.07) is 19.2. The number of nitrogens with zero attached hydrogens (tertiary/aromatic N) is 2. The molecule has 0 spiro atoms. The lowest BCUT2D eigenvalue weighted by Crippen LogP contribution is -2.36. The highest BCUT2D eigenvalue weighted by Crippen LogP contribution is 2.42. The van der Waals surface area contributed by atoms with E-state index >= 15 is 0 Å². The quantitative estimate of drug-likeness (QED) is 0.248. The molecule has 2 aliphatic heterocycles. The van der Waals surface area contributed by atoms with E-state index in [9.17, 15) is 28.2 Å². The number of carbonyl (C=O) groups is 2. The van der Waals surface area contributed by atoms with Crippen LogP contribution in [0.15, 0.2) is 82.6 Å². The van der Waals surface area contributed by atoms with Crippen molar-refractivity contribution in [1.82, 2.24) is 0 Å². The Bertz CT molecular complexity index is 1830. The Morgan fingerprint density at radius 3 is 1.95 bits per heavy atom. The number of sulfonamides is 1. The van der Waals surface area contributed by atoms with Crippen LogP contribution in [-0.2, 0) is 19.6 Å². The van der Waals surface area contributed by atoms with E-state index in [0.29, 0.717) is 38.6 Å². The van der Waals surface area contributed by atoms with Crippen molar-refractivity contribution in [2.24, 2.45) is 0 Å². The molecule has 0 saturated heterocycles. The van der Waals surface area contributed by atoms with Crippen LogP contribution in [0.2, 0.25) is 0 Å². The van der Waals surface area contributed by atoms with Crippen LogP contribution in [0.5, 0.6) is 23.0 Å². The SMILES string of the molecule is O=C(O)CN(Sc1ccc2c(c1)OCO2)c1ccc(N(CC(=O)O)S(=O)(=O)c2ccc3c(c2)OCO3)c2ccccc12. The lowest BCUT2D eigenvalue weighted by molar-refractivity contribution is -0.136. The number of aliphatic carboxylic acids is 2. The van der Waals surface area contributed by atoms with E-state index in [1.54, 1.807) is 52.8 Å². The average Bonchev–Trinajstić information content (AvgIpc) is 3.63. The summed E-state index contributed by atoms with van der Waals surface area (Å²) in [6.07, 6.45) is 0. The second kappa shape index (κ2) is 10.9. The predicted octanol–water partition coefficient (Wildman–Crippen LogP) is 4.18. The molecule has 0 aromatic heterocycles. The monoisotopic (exact) mass is 610 g/mol. The van der Waals surface area contributed by atoms with Crippen LogP contribution in [0.1, 0.15) is 0 Å². The van der Waals surface area contributed by atoms with E-state index in [2.05, 4.69) is 0 Å². The molecule has 4 aromatic carbocycles. The van der Waals surface area contributed by atoms with Crippen molar-refractivity contribution in [3.63, 3.8) is 0 Å². The molecule has 0 aliphatic carbocycles. The summed E-state index contributed by atoms with van der Waals surface area (Å²) >= 11 is 1.15. The zero-order valence-corrected chi connectivity index (χ0v) is 23.3. The van der Waals surface area contributed by atoms with E-state index in [0.717, 1.165) is 16.3 Å². The minimum atomic E-state index is -4.39. The fourth-order valence-electron chi connectivity index (χ4n) is 4.64. The molecule has 216 valence electrons. The van der Waals surface area contributed by atoms with Crippen LogP contribution in [-0.4, -0.2) is 57.2 Å². The number of rotatable bonds is 10. The summed E-state index contributed by atoms with van der Waals surface area (Å²) in [4.78, 5) is 24.3. The molecule has 6 rings (SSSR count). The number of hydrogen-bond acceptors (Lipinski definition) is 10. The van der Waals surface area contributed by atoms with Crippen LogP contribution in [0, 0.1) is 0 Å². The van der Waals surface area contributed by atoms with E-state index in [1.165, 1.54) is 24.3 Å². The summed E-state index contributed by atoms with van der Waals surface area (Å²) in [7, 11) is -4.39. The van der Waals surface area contributed by atoms with Gasteiger partial charge in [-0.3, -0.25) is 13.9 Å². The van der Waals surface area contributed by atoms with Gasteiger partial charge in [-0.1, -0.05) is 24.3 Å². The molecule has 0 atom stereocenters. The second-order valence-electron chi connectivity index (χ2n) is 9.11. The van der Waals surface area contributed by atoms with Gasteiger partial charge in [0.25, 0.3) is 10.0 Å². The first kappa shape index (κ1) is 27.4. The van der Waals surface area contributed by atoms with Gasteiger partial charge in [-0.25, -0.2) is 8.42 Å². The van der Waals surface area contributed by atoms with Gasteiger partial charge in [0, 0.05) is 21.7 Å². The molecule has 12 nitrogen and oxygen atoms in total. The molecule has 0 radical (unpaired) electrons. The highest BCUT2D eigenvalue weighted by Gasteiger charge is 2.31. The van der Waals surface area contributed by atoms with Crippen molar-refractivity contribution < 1.29 is 47.2 Å². The van der Waals surface area contributed by atoms with Crippen molar-refractivity contribution in [3.05, 3.63) is 72.8 Å². The van der Waals surface area contributed by atoms with Gasteiger partial charge in [-0.2, -0.15) is 0 Å². The summed E-state index contributed by atoms with van der Waals surface area (Å²) in [5.74, 6) is -0.717. The van der Waals surface area contributed by atoms with E-state index in [4.69, 9.17) is 18.9 Å². The largest absolute Gasteiger partial charge is 0.480 e. The molecule has 0 fully saturated rings. The second-order valence-corrected chi connectivity index (χ2v) is 12.1. The minimum absolute atomic E-state index is 0.0547. The number of hydrogen-bond donors (Lipinski definition) is 2. The molecule has 14 heteroatoms. The first-order valence-electron chi connectivity index (χ1n) is 12.4. The lowest BCUT2D eigenvalue weighted by Gasteiger charge is -2.27. The van der Waals surface area contributed by atoms with Gasteiger partial charge >= 0.3 is 11.9 Å². The molecule has 0 saturated carbocycles. The number of anilines is 2. The average molecular weight is 611 g/mol.